The molecule has 2 aromatic heterocycles. The highest BCUT2D eigenvalue weighted by molar-refractivity contribution is 7.99. The summed E-state index contributed by atoms with van der Waals surface area (Å²) in [6.45, 7) is 3.86. The highest BCUT2D eigenvalue weighted by Crippen LogP contribution is 2.27. The van der Waals surface area contributed by atoms with E-state index in [2.05, 4.69) is 19.9 Å². The predicted octanol–water partition coefficient (Wildman–Crippen LogP) is 2.69. The zero-order chi connectivity index (χ0) is 11.5. The standard InChI is InChI=1S/C10H9ClN4S/c1-6-5-7(2)15-10(14-6)16-9-8(11)12-3-4-13-9/h3-5H,1-2H3. The van der Waals surface area contributed by atoms with Crippen molar-refractivity contribution in [1.82, 2.24) is 19.9 Å². The van der Waals surface area contributed by atoms with Crippen LogP contribution in [0.2, 0.25) is 5.15 Å². The monoisotopic (exact) mass is 252 g/mol. The fourth-order valence-electron chi connectivity index (χ4n) is 1.20. The van der Waals surface area contributed by atoms with Crippen LogP contribution in [0.15, 0.2) is 28.6 Å². The smallest absolute Gasteiger partial charge is 0.194 e. The number of hydrogen-bond acceptors (Lipinski definition) is 5. The van der Waals surface area contributed by atoms with Gasteiger partial charge in [0.05, 0.1) is 0 Å². The number of aromatic nitrogens is 4. The van der Waals surface area contributed by atoms with Gasteiger partial charge in [-0.05, 0) is 31.7 Å². The largest absolute Gasteiger partial charge is 0.245 e. The van der Waals surface area contributed by atoms with E-state index in [-0.39, 0.29) is 0 Å². The summed E-state index contributed by atoms with van der Waals surface area (Å²) in [6.07, 6.45) is 3.14. The lowest BCUT2D eigenvalue weighted by Crippen LogP contribution is -1.93. The van der Waals surface area contributed by atoms with Crippen molar-refractivity contribution in [2.45, 2.75) is 24.0 Å². The summed E-state index contributed by atoms with van der Waals surface area (Å²) in [5, 5.41) is 1.63. The number of nitrogens with zero attached hydrogens (tertiary/aromatic N) is 4. The molecule has 0 unspecified atom stereocenters. The molecular weight excluding hydrogens is 244 g/mol. The first-order chi connectivity index (χ1) is 7.65. The van der Waals surface area contributed by atoms with Gasteiger partial charge < -0.3 is 0 Å². The van der Waals surface area contributed by atoms with Crippen LogP contribution in [0.3, 0.4) is 0 Å². The molecule has 4 nitrogen and oxygen atoms in total. The van der Waals surface area contributed by atoms with Crippen molar-refractivity contribution < 1.29 is 0 Å². The Hall–Kier alpha value is -1.20. The van der Waals surface area contributed by atoms with Gasteiger partial charge in [0.25, 0.3) is 0 Å². The number of aryl methyl sites for hydroxylation is 2. The van der Waals surface area contributed by atoms with Gasteiger partial charge in [0.15, 0.2) is 10.3 Å². The van der Waals surface area contributed by atoms with Crippen molar-refractivity contribution >= 4 is 23.4 Å². The van der Waals surface area contributed by atoms with Gasteiger partial charge in [-0.25, -0.2) is 19.9 Å². The summed E-state index contributed by atoms with van der Waals surface area (Å²) < 4.78 is 0. The summed E-state index contributed by atoms with van der Waals surface area (Å²) in [5.74, 6) is 0. The van der Waals surface area contributed by atoms with Crippen molar-refractivity contribution in [2.75, 3.05) is 0 Å². The molecule has 6 heteroatoms. The van der Waals surface area contributed by atoms with Crippen LogP contribution < -0.4 is 0 Å². The molecule has 0 aliphatic heterocycles. The highest BCUT2D eigenvalue weighted by Gasteiger charge is 2.07. The molecule has 0 spiro atoms. The van der Waals surface area contributed by atoms with E-state index >= 15 is 0 Å². The Morgan fingerprint density at radius 2 is 1.69 bits per heavy atom. The predicted molar refractivity (Wildman–Crippen MR) is 62.7 cm³/mol. The zero-order valence-electron chi connectivity index (χ0n) is 8.81. The van der Waals surface area contributed by atoms with E-state index in [0.29, 0.717) is 15.3 Å². The minimum absolute atomic E-state index is 0.371. The van der Waals surface area contributed by atoms with Crippen LogP contribution in [-0.4, -0.2) is 19.9 Å². The number of halogens is 1. The zero-order valence-corrected chi connectivity index (χ0v) is 10.4. The third-order valence-corrected chi connectivity index (χ3v) is 3.02. The van der Waals surface area contributed by atoms with Gasteiger partial charge in [-0.2, -0.15) is 0 Å². The van der Waals surface area contributed by atoms with Gasteiger partial charge in [0, 0.05) is 23.8 Å². The Morgan fingerprint density at radius 1 is 1.06 bits per heavy atom. The Morgan fingerprint density at radius 3 is 2.31 bits per heavy atom. The van der Waals surface area contributed by atoms with E-state index in [9.17, 15) is 0 Å². The first-order valence-corrected chi connectivity index (χ1v) is 5.81. The average molecular weight is 253 g/mol. The fourth-order valence-corrected chi connectivity index (χ4v) is 2.23. The van der Waals surface area contributed by atoms with Crippen LogP contribution in [0.4, 0.5) is 0 Å². The average Bonchev–Trinajstić information content (AvgIpc) is 2.20. The first kappa shape index (κ1) is 11.3. The maximum Gasteiger partial charge on any atom is 0.194 e. The van der Waals surface area contributed by atoms with E-state index in [1.807, 2.05) is 19.9 Å². The Labute approximate surface area is 103 Å². The molecule has 16 heavy (non-hydrogen) atoms. The molecule has 0 amide bonds. The number of rotatable bonds is 2. The van der Waals surface area contributed by atoms with Gasteiger partial charge in [0.2, 0.25) is 0 Å². The van der Waals surface area contributed by atoms with Crippen LogP contribution in [-0.2, 0) is 0 Å². The van der Waals surface area contributed by atoms with Crippen molar-refractivity contribution in [3.8, 4) is 0 Å². The molecule has 0 N–H and O–H groups in total. The summed E-state index contributed by atoms with van der Waals surface area (Å²) in [6, 6.07) is 1.92. The maximum absolute atomic E-state index is 5.90. The molecule has 2 rings (SSSR count). The summed E-state index contributed by atoms with van der Waals surface area (Å²) >= 11 is 7.22. The second-order valence-corrected chi connectivity index (χ2v) is 4.50. The molecular formula is C10H9ClN4S. The van der Waals surface area contributed by atoms with Crippen molar-refractivity contribution in [2.24, 2.45) is 0 Å². The van der Waals surface area contributed by atoms with Crippen LogP contribution in [0, 0.1) is 13.8 Å². The third-order valence-electron chi connectivity index (χ3n) is 1.77. The van der Waals surface area contributed by atoms with Crippen LogP contribution >= 0.6 is 23.4 Å². The summed E-state index contributed by atoms with van der Waals surface area (Å²) in [4.78, 5) is 16.7. The lowest BCUT2D eigenvalue weighted by Gasteiger charge is -2.02. The Balaban J connectivity index is 2.30. The molecule has 0 aromatic carbocycles. The van der Waals surface area contributed by atoms with Gasteiger partial charge in [-0.15, -0.1) is 0 Å². The first-order valence-electron chi connectivity index (χ1n) is 4.62. The van der Waals surface area contributed by atoms with E-state index < -0.39 is 0 Å². The fraction of sp³-hybridized carbons (Fsp3) is 0.200. The minimum atomic E-state index is 0.371. The lowest BCUT2D eigenvalue weighted by molar-refractivity contribution is 0.897. The summed E-state index contributed by atoms with van der Waals surface area (Å²) in [5.41, 5.74) is 1.85. The van der Waals surface area contributed by atoms with Crippen molar-refractivity contribution in [3.63, 3.8) is 0 Å². The molecule has 0 saturated carbocycles. The molecule has 2 heterocycles. The second kappa shape index (κ2) is 4.76. The molecule has 0 fully saturated rings. The third kappa shape index (κ3) is 2.68. The maximum atomic E-state index is 5.90. The van der Waals surface area contributed by atoms with Gasteiger partial charge >= 0.3 is 0 Å². The highest BCUT2D eigenvalue weighted by atomic mass is 35.5. The summed E-state index contributed by atoms with van der Waals surface area (Å²) in [7, 11) is 0. The SMILES string of the molecule is Cc1cc(C)nc(Sc2nccnc2Cl)n1. The van der Waals surface area contributed by atoms with Gasteiger partial charge in [-0.1, -0.05) is 11.6 Å². The molecule has 0 aliphatic rings. The van der Waals surface area contributed by atoms with Crippen molar-refractivity contribution in [1.29, 1.82) is 0 Å². The molecule has 0 bridgehead atoms. The van der Waals surface area contributed by atoms with Crippen LogP contribution in [0.5, 0.6) is 0 Å². The van der Waals surface area contributed by atoms with Gasteiger partial charge in [-0.3, -0.25) is 0 Å². The van der Waals surface area contributed by atoms with E-state index in [0.717, 1.165) is 11.4 Å². The normalized spacial score (nSPS) is 10.4. The number of hydrogen-bond donors (Lipinski definition) is 0. The molecule has 82 valence electrons. The van der Waals surface area contributed by atoms with Gasteiger partial charge in [0.1, 0.15) is 5.03 Å². The van der Waals surface area contributed by atoms with Crippen LogP contribution in [0.1, 0.15) is 11.4 Å². The van der Waals surface area contributed by atoms with Crippen molar-refractivity contribution in [3.05, 3.63) is 35.0 Å². The molecule has 2 aromatic rings. The van der Waals surface area contributed by atoms with E-state index in [1.54, 1.807) is 12.4 Å². The molecule has 0 atom stereocenters. The quantitative estimate of drug-likeness (QED) is 0.769. The van der Waals surface area contributed by atoms with E-state index in [4.69, 9.17) is 11.6 Å². The second-order valence-electron chi connectivity index (χ2n) is 3.19. The van der Waals surface area contributed by atoms with Crippen LogP contribution in [0.25, 0.3) is 0 Å². The van der Waals surface area contributed by atoms with E-state index in [1.165, 1.54) is 11.8 Å². The Bertz CT molecular complexity index is 498. The minimum Gasteiger partial charge on any atom is -0.245 e. The molecule has 0 radical (unpaired) electrons. The Kier molecular flexibility index (Phi) is 3.36. The molecule has 0 saturated heterocycles. The topological polar surface area (TPSA) is 51.6 Å². The molecule has 0 aliphatic carbocycles. The lowest BCUT2D eigenvalue weighted by atomic mass is 10.4.